The fourth-order valence-corrected chi connectivity index (χ4v) is 2.05. The molecule has 16 heavy (non-hydrogen) atoms. The average Bonchev–Trinajstić information content (AvgIpc) is 2.26. The van der Waals surface area contributed by atoms with Gasteiger partial charge in [0.2, 0.25) is 0 Å². The zero-order valence-electron chi connectivity index (χ0n) is 9.60. The fourth-order valence-electron chi connectivity index (χ4n) is 2.05. The van der Waals surface area contributed by atoms with Crippen LogP contribution >= 0.6 is 0 Å². The van der Waals surface area contributed by atoms with Crippen molar-refractivity contribution in [2.75, 3.05) is 7.11 Å². The van der Waals surface area contributed by atoms with Gasteiger partial charge in [-0.3, -0.25) is 4.79 Å². The van der Waals surface area contributed by atoms with Crippen LogP contribution in [0.3, 0.4) is 0 Å². The van der Waals surface area contributed by atoms with Gasteiger partial charge in [-0.2, -0.15) is 0 Å². The molecule has 0 saturated carbocycles. The summed E-state index contributed by atoms with van der Waals surface area (Å²) >= 11 is 0. The first-order valence-corrected chi connectivity index (χ1v) is 5.22. The minimum absolute atomic E-state index is 0.111. The van der Waals surface area contributed by atoms with Gasteiger partial charge in [-0.05, 0) is 19.8 Å². The van der Waals surface area contributed by atoms with Crippen LogP contribution in [0.15, 0.2) is 12.3 Å². The molecule has 0 aromatic carbocycles. The highest BCUT2D eigenvalue weighted by Crippen LogP contribution is 2.41. The second-order valence-corrected chi connectivity index (χ2v) is 4.64. The van der Waals surface area contributed by atoms with Gasteiger partial charge in [0.1, 0.15) is 0 Å². The average molecular weight is 225 g/mol. The minimum atomic E-state index is -0.525. The molecule has 0 unspecified atom stereocenters. The summed E-state index contributed by atoms with van der Waals surface area (Å²) in [6.07, 6.45) is 3.10. The Morgan fingerprint density at radius 3 is 2.94 bits per heavy atom. The van der Waals surface area contributed by atoms with E-state index in [0.717, 1.165) is 0 Å². The predicted molar refractivity (Wildman–Crippen MR) is 55.2 cm³/mol. The van der Waals surface area contributed by atoms with Crippen LogP contribution in [0.4, 0.5) is 4.79 Å². The van der Waals surface area contributed by atoms with Crippen LogP contribution in [-0.4, -0.2) is 30.3 Å². The van der Waals surface area contributed by atoms with E-state index in [0.29, 0.717) is 6.42 Å². The summed E-state index contributed by atoms with van der Waals surface area (Å²) in [5.41, 5.74) is -0.519. The normalized spacial score (nSPS) is 30.9. The van der Waals surface area contributed by atoms with Crippen molar-refractivity contribution < 1.29 is 19.1 Å². The third-order valence-corrected chi connectivity index (χ3v) is 3.33. The monoisotopic (exact) mass is 225 g/mol. The van der Waals surface area contributed by atoms with E-state index in [1.54, 1.807) is 6.20 Å². The zero-order chi connectivity index (χ0) is 11.9. The number of nitrogens with zero attached hydrogens (tertiary/aromatic N) is 1. The number of carbonyl (C=O) groups is 2. The second-order valence-electron chi connectivity index (χ2n) is 4.64. The molecule has 2 bridgehead atoms. The molecule has 0 spiro atoms. The molecular formula is C11H15NO4. The lowest BCUT2D eigenvalue weighted by Crippen LogP contribution is -2.52. The van der Waals surface area contributed by atoms with Gasteiger partial charge in [-0.1, -0.05) is 6.08 Å². The van der Waals surface area contributed by atoms with Crippen molar-refractivity contribution in [3.63, 3.8) is 0 Å². The first kappa shape index (κ1) is 11.0. The molecule has 0 N–H and O–H groups in total. The van der Waals surface area contributed by atoms with E-state index in [1.807, 2.05) is 19.9 Å². The Hall–Kier alpha value is -1.52. The van der Waals surface area contributed by atoms with Crippen LogP contribution in [0.25, 0.3) is 0 Å². The van der Waals surface area contributed by atoms with Crippen LogP contribution in [0, 0.1) is 11.3 Å². The van der Waals surface area contributed by atoms with Crippen molar-refractivity contribution >= 4 is 12.1 Å². The second kappa shape index (κ2) is 3.50. The van der Waals surface area contributed by atoms with Gasteiger partial charge >= 0.3 is 12.1 Å². The molecule has 0 aliphatic carbocycles. The Kier molecular flexibility index (Phi) is 2.40. The van der Waals surface area contributed by atoms with E-state index in [2.05, 4.69) is 4.74 Å². The molecule has 0 aromatic heterocycles. The maximum absolute atomic E-state index is 11.8. The number of methoxy groups -OCH3 is 1. The van der Waals surface area contributed by atoms with Crippen molar-refractivity contribution in [1.82, 2.24) is 4.90 Å². The molecule has 1 amide bonds. The molecule has 2 rings (SSSR count). The van der Waals surface area contributed by atoms with Crippen LogP contribution in [0.2, 0.25) is 0 Å². The quantitative estimate of drug-likeness (QED) is 0.586. The first-order chi connectivity index (χ1) is 7.46. The summed E-state index contributed by atoms with van der Waals surface area (Å²) in [5, 5.41) is 0. The van der Waals surface area contributed by atoms with E-state index in [-0.39, 0.29) is 11.9 Å². The molecular weight excluding hydrogens is 210 g/mol. The maximum atomic E-state index is 11.8. The van der Waals surface area contributed by atoms with E-state index in [9.17, 15) is 9.59 Å². The van der Waals surface area contributed by atoms with Gasteiger partial charge in [0.25, 0.3) is 0 Å². The lowest BCUT2D eigenvalue weighted by molar-refractivity contribution is -0.183. The molecule has 2 atom stereocenters. The van der Waals surface area contributed by atoms with Gasteiger partial charge < -0.3 is 9.47 Å². The lowest BCUT2D eigenvalue weighted by atomic mass is 9.74. The smallest absolute Gasteiger partial charge is 0.416 e. The Morgan fingerprint density at radius 2 is 2.31 bits per heavy atom. The van der Waals surface area contributed by atoms with Crippen molar-refractivity contribution in [3.05, 3.63) is 12.3 Å². The number of carbonyl (C=O) groups excluding carboxylic acids is 2. The number of allylic oxidation sites excluding steroid dienone is 1. The van der Waals surface area contributed by atoms with Crippen molar-refractivity contribution in [3.8, 4) is 0 Å². The summed E-state index contributed by atoms with van der Waals surface area (Å²) in [6.45, 7) is 3.71. The number of rotatable bonds is 0. The Morgan fingerprint density at radius 1 is 1.62 bits per heavy atom. The Bertz CT molecular complexity index is 361. The molecule has 5 heteroatoms. The third kappa shape index (κ3) is 1.47. The largest absolute Gasteiger partial charge is 0.452 e. The molecule has 88 valence electrons. The van der Waals surface area contributed by atoms with E-state index in [1.165, 1.54) is 12.0 Å². The van der Waals surface area contributed by atoms with E-state index < -0.39 is 17.7 Å². The van der Waals surface area contributed by atoms with Gasteiger partial charge in [0, 0.05) is 12.6 Å². The molecule has 0 aromatic rings. The maximum Gasteiger partial charge on any atom is 0.416 e. The Labute approximate surface area is 94.0 Å². The van der Waals surface area contributed by atoms with E-state index >= 15 is 0 Å². The lowest BCUT2D eigenvalue weighted by Gasteiger charge is -2.44. The molecule has 2 aliphatic heterocycles. The van der Waals surface area contributed by atoms with Gasteiger partial charge in [-0.25, -0.2) is 9.69 Å². The minimum Gasteiger partial charge on any atom is -0.452 e. The highest BCUT2D eigenvalue weighted by molar-refractivity contribution is 5.79. The predicted octanol–water partition coefficient (Wildman–Crippen LogP) is 1.50. The summed E-state index contributed by atoms with van der Waals surface area (Å²) in [6, 6.07) is 0. The van der Waals surface area contributed by atoms with E-state index in [4.69, 9.17) is 4.74 Å². The molecule has 5 nitrogen and oxygen atoms in total. The molecule has 0 radical (unpaired) electrons. The number of ether oxygens (including phenoxy) is 2. The number of hydrogen-bond acceptors (Lipinski definition) is 4. The topological polar surface area (TPSA) is 55.8 Å². The summed E-state index contributed by atoms with van der Waals surface area (Å²) < 4.78 is 9.86. The van der Waals surface area contributed by atoms with Crippen molar-refractivity contribution in [2.45, 2.75) is 26.5 Å². The zero-order valence-corrected chi connectivity index (χ0v) is 9.60. The Balaban J connectivity index is 2.27. The van der Waals surface area contributed by atoms with Crippen LogP contribution in [0.5, 0.6) is 0 Å². The standard InChI is InChI=1S/C11H15NO4/c1-11(2)7-4-5-12(10(14)15-3)8(6-7)16-9(11)13/h4-5,7-8H,6H2,1-3H3/t7-,8-/m0/s1. The van der Waals surface area contributed by atoms with Gasteiger partial charge in [-0.15, -0.1) is 0 Å². The fraction of sp³-hybridized carbons (Fsp3) is 0.636. The molecule has 1 saturated heterocycles. The molecule has 2 heterocycles. The summed E-state index contributed by atoms with van der Waals surface area (Å²) in [7, 11) is 1.30. The number of esters is 1. The van der Waals surface area contributed by atoms with Crippen LogP contribution in [-0.2, 0) is 14.3 Å². The van der Waals surface area contributed by atoms with Crippen LogP contribution in [0.1, 0.15) is 20.3 Å². The van der Waals surface area contributed by atoms with Crippen molar-refractivity contribution in [2.24, 2.45) is 11.3 Å². The first-order valence-electron chi connectivity index (χ1n) is 5.22. The van der Waals surface area contributed by atoms with Gasteiger partial charge in [0.15, 0.2) is 6.23 Å². The van der Waals surface area contributed by atoms with Gasteiger partial charge in [0.05, 0.1) is 12.5 Å². The number of fused-ring (bicyclic) bond motifs is 2. The number of hydrogen-bond donors (Lipinski definition) is 0. The third-order valence-electron chi connectivity index (χ3n) is 3.33. The molecule has 2 aliphatic rings. The highest BCUT2D eigenvalue weighted by atomic mass is 16.6. The van der Waals surface area contributed by atoms with Crippen LogP contribution < -0.4 is 0 Å². The summed E-state index contributed by atoms with van der Waals surface area (Å²) in [4.78, 5) is 24.5. The highest BCUT2D eigenvalue weighted by Gasteiger charge is 2.48. The van der Waals surface area contributed by atoms with Crippen molar-refractivity contribution in [1.29, 1.82) is 0 Å². The number of amides is 1. The SMILES string of the molecule is COC(=O)N1C=C[C@H]2C[C@@H]1OC(=O)C2(C)C. The molecule has 1 fully saturated rings. The summed E-state index contributed by atoms with van der Waals surface area (Å²) in [5.74, 6) is -0.161.